The summed E-state index contributed by atoms with van der Waals surface area (Å²) in [4.78, 5) is 30.5. The molecule has 1 atom stereocenters. The van der Waals surface area contributed by atoms with Crippen LogP contribution < -0.4 is 11.1 Å². The molecule has 1 aromatic heterocycles. The number of nitrogens with one attached hydrogen (secondary N) is 1. The fraction of sp³-hybridized carbons (Fsp3) is 0.500. The Bertz CT molecular complexity index is 482. The van der Waals surface area contributed by atoms with Gasteiger partial charge in [-0.15, -0.1) is 0 Å². The number of nitrogens with two attached hydrogens (primary N) is 1. The standard InChI is InChI=1S/C12H18N4O3/c1-7(9(13)17)15-8-5-6-14-10(16-8)11(18)19-12(2,3)4/h5-7H,1-4H3,(H2,13,17)(H,14,15,16)/t7-/m1/s1. The van der Waals surface area contributed by atoms with E-state index >= 15 is 0 Å². The molecule has 0 saturated heterocycles. The maximum atomic E-state index is 11.8. The van der Waals surface area contributed by atoms with Gasteiger partial charge < -0.3 is 15.8 Å². The molecule has 19 heavy (non-hydrogen) atoms. The molecule has 0 fully saturated rings. The van der Waals surface area contributed by atoms with Crippen LogP contribution in [0.4, 0.5) is 5.82 Å². The minimum Gasteiger partial charge on any atom is -0.454 e. The van der Waals surface area contributed by atoms with Crippen LogP contribution in [-0.2, 0) is 9.53 Å². The average molecular weight is 266 g/mol. The molecule has 0 aliphatic rings. The van der Waals surface area contributed by atoms with Crippen LogP contribution in [0, 0.1) is 0 Å². The van der Waals surface area contributed by atoms with Crippen molar-refractivity contribution >= 4 is 17.7 Å². The Morgan fingerprint density at radius 1 is 1.42 bits per heavy atom. The summed E-state index contributed by atoms with van der Waals surface area (Å²) < 4.78 is 5.15. The third-order valence-electron chi connectivity index (χ3n) is 2.03. The van der Waals surface area contributed by atoms with Gasteiger partial charge in [0.15, 0.2) is 0 Å². The summed E-state index contributed by atoms with van der Waals surface area (Å²) in [6, 6.07) is 0.939. The monoisotopic (exact) mass is 266 g/mol. The van der Waals surface area contributed by atoms with Crippen LogP contribution in [0.1, 0.15) is 38.3 Å². The van der Waals surface area contributed by atoms with E-state index in [0.717, 1.165) is 0 Å². The Kier molecular flexibility index (Phi) is 4.42. The summed E-state index contributed by atoms with van der Waals surface area (Å²) in [5.41, 5.74) is 4.51. The van der Waals surface area contributed by atoms with Gasteiger partial charge in [0, 0.05) is 6.20 Å². The zero-order valence-electron chi connectivity index (χ0n) is 11.4. The van der Waals surface area contributed by atoms with Gasteiger partial charge in [0.1, 0.15) is 17.5 Å². The number of carbonyl (C=O) groups excluding carboxylic acids is 2. The highest BCUT2D eigenvalue weighted by Gasteiger charge is 2.20. The quantitative estimate of drug-likeness (QED) is 0.777. The zero-order valence-corrected chi connectivity index (χ0v) is 11.4. The molecule has 0 aliphatic heterocycles. The predicted molar refractivity (Wildman–Crippen MR) is 69.5 cm³/mol. The molecule has 0 saturated carbocycles. The van der Waals surface area contributed by atoms with Gasteiger partial charge in [-0.25, -0.2) is 14.8 Å². The molecule has 1 amide bonds. The molecular weight excluding hydrogens is 248 g/mol. The Balaban J connectivity index is 2.82. The van der Waals surface area contributed by atoms with Gasteiger partial charge in [0.25, 0.3) is 0 Å². The van der Waals surface area contributed by atoms with E-state index in [1.54, 1.807) is 27.7 Å². The van der Waals surface area contributed by atoms with Crippen LogP contribution in [0.2, 0.25) is 0 Å². The summed E-state index contributed by atoms with van der Waals surface area (Å²) in [6.07, 6.45) is 1.41. The van der Waals surface area contributed by atoms with E-state index in [-0.39, 0.29) is 5.82 Å². The van der Waals surface area contributed by atoms with Gasteiger partial charge in [-0.2, -0.15) is 0 Å². The highest BCUT2D eigenvalue weighted by atomic mass is 16.6. The summed E-state index contributed by atoms with van der Waals surface area (Å²) in [5, 5.41) is 2.77. The summed E-state index contributed by atoms with van der Waals surface area (Å²) in [7, 11) is 0. The Hall–Kier alpha value is -2.18. The third kappa shape index (κ3) is 4.90. The average Bonchev–Trinajstić information content (AvgIpc) is 2.27. The van der Waals surface area contributed by atoms with Crippen molar-refractivity contribution in [1.82, 2.24) is 9.97 Å². The lowest BCUT2D eigenvalue weighted by Gasteiger charge is -2.19. The Labute approximate surface area is 111 Å². The number of primary amides is 1. The molecule has 3 N–H and O–H groups in total. The molecule has 7 nitrogen and oxygen atoms in total. The predicted octanol–water partition coefficient (Wildman–Crippen LogP) is 0.718. The van der Waals surface area contributed by atoms with Gasteiger partial charge >= 0.3 is 5.97 Å². The van der Waals surface area contributed by atoms with Crippen LogP contribution in [-0.4, -0.2) is 33.5 Å². The molecule has 1 rings (SSSR count). The number of aromatic nitrogens is 2. The van der Waals surface area contributed by atoms with Crippen molar-refractivity contribution in [3.63, 3.8) is 0 Å². The highest BCUT2D eigenvalue weighted by Crippen LogP contribution is 2.11. The molecule has 0 radical (unpaired) electrons. The first-order chi connectivity index (χ1) is 8.69. The van der Waals surface area contributed by atoms with Gasteiger partial charge in [-0.1, -0.05) is 0 Å². The van der Waals surface area contributed by atoms with E-state index in [2.05, 4.69) is 15.3 Å². The van der Waals surface area contributed by atoms with Gasteiger partial charge in [-0.3, -0.25) is 4.79 Å². The number of hydrogen-bond acceptors (Lipinski definition) is 6. The molecule has 104 valence electrons. The second-order valence-corrected chi connectivity index (χ2v) is 5.04. The first-order valence-electron chi connectivity index (χ1n) is 5.81. The maximum Gasteiger partial charge on any atom is 0.376 e. The van der Waals surface area contributed by atoms with E-state index in [1.165, 1.54) is 12.3 Å². The molecule has 0 spiro atoms. The second kappa shape index (κ2) is 5.64. The molecule has 1 aromatic rings. The highest BCUT2D eigenvalue weighted by molar-refractivity contribution is 5.86. The summed E-state index contributed by atoms with van der Waals surface area (Å²) in [5.74, 6) is -0.876. The van der Waals surface area contributed by atoms with Crippen molar-refractivity contribution in [2.24, 2.45) is 5.73 Å². The molecule has 0 aromatic carbocycles. The van der Waals surface area contributed by atoms with Crippen LogP contribution in [0.5, 0.6) is 0 Å². The number of esters is 1. The summed E-state index contributed by atoms with van der Waals surface area (Å²) >= 11 is 0. The van der Waals surface area contributed by atoms with Crippen molar-refractivity contribution in [2.75, 3.05) is 5.32 Å². The Morgan fingerprint density at radius 3 is 2.58 bits per heavy atom. The van der Waals surface area contributed by atoms with Gasteiger partial charge in [-0.05, 0) is 33.8 Å². The number of rotatable bonds is 4. The van der Waals surface area contributed by atoms with Crippen LogP contribution in [0.3, 0.4) is 0 Å². The number of hydrogen-bond donors (Lipinski definition) is 2. The van der Waals surface area contributed by atoms with E-state index in [0.29, 0.717) is 5.82 Å². The molecule has 0 unspecified atom stereocenters. The Morgan fingerprint density at radius 2 is 2.05 bits per heavy atom. The lowest BCUT2D eigenvalue weighted by Crippen LogP contribution is -2.33. The fourth-order valence-corrected chi connectivity index (χ4v) is 1.15. The van der Waals surface area contributed by atoms with Gasteiger partial charge in [0.2, 0.25) is 11.7 Å². The second-order valence-electron chi connectivity index (χ2n) is 5.04. The van der Waals surface area contributed by atoms with Gasteiger partial charge in [0.05, 0.1) is 0 Å². The van der Waals surface area contributed by atoms with Crippen molar-refractivity contribution in [2.45, 2.75) is 39.3 Å². The minimum absolute atomic E-state index is 0.0726. The molecule has 1 heterocycles. The first-order valence-corrected chi connectivity index (χ1v) is 5.81. The number of ether oxygens (including phenoxy) is 1. The smallest absolute Gasteiger partial charge is 0.376 e. The van der Waals surface area contributed by atoms with Crippen LogP contribution in [0.25, 0.3) is 0 Å². The fourth-order valence-electron chi connectivity index (χ4n) is 1.15. The zero-order chi connectivity index (χ0) is 14.6. The van der Waals surface area contributed by atoms with Crippen LogP contribution in [0.15, 0.2) is 12.3 Å². The topological polar surface area (TPSA) is 107 Å². The number of nitrogens with zero attached hydrogens (tertiary/aromatic N) is 2. The maximum absolute atomic E-state index is 11.8. The largest absolute Gasteiger partial charge is 0.454 e. The molecule has 0 aliphatic carbocycles. The van der Waals surface area contributed by atoms with Crippen molar-refractivity contribution in [1.29, 1.82) is 0 Å². The molecule has 0 bridgehead atoms. The first kappa shape index (κ1) is 14.9. The number of anilines is 1. The summed E-state index contributed by atoms with van der Waals surface area (Å²) in [6.45, 7) is 6.85. The number of carbonyl (C=O) groups is 2. The normalized spacial score (nSPS) is 12.6. The van der Waals surface area contributed by atoms with Crippen molar-refractivity contribution in [3.05, 3.63) is 18.1 Å². The molecule has 7 heteroatoms. The SMILES string of the molecule is C[C@@H](Nc1ccnc(C(=O)OC(C)(C)C)n1)C(N)=O. The molecular formula is C12H18N4O3. The van der Waals surface area contributed by atoms with Crippen molar-refractivity contribution in [3.8, 4) is 0 Å². The third-order valence-corrected chi connectivity index (χ3v) is 2.03. The minimum atomic E-state index is -0.622. The van der Waals surface area contributed by atoms with E-state index in [4.69, 9.17) is 10.5 Å². The van der Waals surface area contributed by atoms with E-state index in [9.17, 15) is 9.59 Å². The lowest BCUT2D eigenvalue weighted by molar-refractivity contribution is -0.118. The van der Waals surface area contributed by atoms with E-state index in [1.807, 2.05) is 0 Å². The van der Waals surface area contributed by atoms with Crippen molar-refractivity contribution < 1.29 is 14.3 Å². The lowest BCUT2D eigenvalue weighted by atomic mass is 10.2. The number of amides is 1. The van der Waals surface area contributed by atoms with Crippen LogP contribution >= 0.6 is 0 Å². The van der Waals surface area contributed by atoms with E-state index < -0.39 is 23.5 Å².